The first kappa shape index (κ1) is 16.4. The van der Waals surface area contributed by atoms with Crippen molar-refractivity contribution in [2.75, 3.05) is 13.2 Å². The second kappa shape index (κ2) is 5.88. The lowest BCUT2D eigenvalue weighted by Crippen LogP contribution is -2.26. The van der Waals surface area contributed by atoms with E-state index in [1.165, 1.54) is 22.9 Å². The lowest BCUT2D eigenvalue weighted by atomic mass is 10.2. The van der Waals surface area contributed by atoms with Gasteiger partial charge in [-0.2, -0.15) is 5.10 Å². The van der Waals surface area contributed by atoms with Crippen LogP contribution in [0.15, 0.2) is 29.1 Å². The molecule has 0 N–H and O–H groups in total. The Balaban J connectivity index is 1.61. The van der Waals surface area contributed by atoms with Crippen molar-refractivity contribution in [3.63, 3.8) is 0 Å². The van der Waals surface area contributed by atoms with Crippen molar-refractivity contribution in [2.24, 2.45) is 11.8 Å². The van der Waals surface area contributed by atoms with Gasteiger partial charge in [0.1, 0.15) is 17.0 Å². The molecule has 0 bridgehead atoms. The Kier molecular flexibility index (Phi) is 3.58. The van der Waals surface area contributed by atoms with Crippen molar-refractivity contribution >= 4 is 11.0 Å². The number of hydrogen-bond acceptors (Lipinski definition) is 5. The number of aromatic nitrogens is 5. The molecule has 10 heteroatoms. The van der Waals surface area contributed by atoms with Gasteiger partial charge in [-0.05, 0) is 6.07 Å². The van der Waals surface area contributed by atoms with Gasteiger partial charge in [-0.15, -0.1) is 5.10 Å². The summed E-state index contributed by atoms with van der Waals surface area (Å²) in [6, 6.07) is 5.69. The molecule has 1 aliphatic heterocycles. The maximum absolute atomic E-state index is 13.9. The van der Waals surface area contributed by atoms with E-state index in [0.29, 0.717) is 13.2 Å². The molecule has 2 unspecified atom stereocenters. The number of ether oxygens (including phenoxy) is 1. The van der Waals surface area contributed by atoms with Gasteiger partial charge in [0.25, 0.3) is 12.0 Å². The predicted octanol–water partition coefficient (Wildman–Crippen LogP) is 1.93. The SMILES string of the molecule is O=c1c2nn(Cc3ccccc3F)c(C(F)F)c2nnn1C1C2COC[C@H]21. The molecule has 27 heavy (non-hydrogen) atoms. The number of hydrogen-bond donors (Lipinski definition) is 0. The topological polar surface area (TPSA) is 74.8 Å². The van der Waals surface area contributed by atoms with Gasteiger partial charge in [0, 0.05) is 17.4 Å². The second-order valence-electron chi connectivity index (χ2n) is 6.83. The Bertz CT molecular complexity index is 1090. The summed E-state index contributed by atoms with van der Waals surface area (Å²) in [7, 11) is 0. The van der Waals surface area contributed by atoms with E-state index < -0.39 is 23.5 Å². The molecule has 2 fully saturated rings. The van der Waals surface area contributed by atoms with E-state index >= 15 is 0 Å². The van der Waals surface area contributed by atoms with E-state index in [9.17, 15) is 18.0 Å². The molecular weight excluding hydrogens is 363 g/mol. The highest BCUT2D eigenvalue weighted by Crippen LogP contribution is 2.53. The molecule has 140 valence electrons. The third kappa shape index (κ3) is 2.47. The van der Waals surface area contributed by atoms with Crippen molar-refractivity contribution in [2.45, 2.75) is 19.0 Å². The van der Waals surface area contributed by atoms with Crippen LogP contribution in [0.1, 0.15) is 23.7 Å². The fourth-order valence-corrected chi connectivity index (χ4v) is 3.84. The Morgan fingerprint density at radius 3 is 2.63 bits per heavy atom. The number of benzene rings is 1. The lowest BCUT2D eigenvalue weighted by molar-refractivity contribution is 0.141. The van der Waals surface area contributed by atoms with Crippen LogP contribution < -0.4 is 5.56 Å². The normalized spacial score (nSPS) is 23.9. The summed E-state index contributed by atoms with van der Waals surface area (Å²) in [5.74, 6) is -0.138. The smallest absolute Gasteiger partial charge is 0.298 e. The molecule has 3 atom stereocenters. The van der Waals surface area contributed by atoms with E-state index in [1.54, 1.807) is 6.07 Å². The molecule has 0 radical (unpaired) electrons. The molecule has 5 rings (SSSR count). The van der Waals surface area contributed by atoms with Crippen LogP contribution in [0.3, 0.4) is 0 Å². The highest BCUT2D eigenvalue weighted by atomic mass is 19.3. The first-order valence-corrected chi connectivity index (χ1v) is 8.51. The van der Waals surface area contributed by atoms with Gasteiger partial charge in [0.05, 0.1) is 25.8 Å². The van der Waals surface area contributed by atoms with Crippen LogP contribution in [0.25, 0.3) is 11.0 Å². The molecule has 1 aliphatic carbocycles. The summed E-state index contributed by atoms with van der Waals surface area (Å²) >= 11 is 0. The van der Waals surface area contributed by atoms with E-state index in [4.69, 9.17) is 4.74 Å². The summed E-state index contributed by atoms with van der Waals surface area (Å²) in [6.07, 6.45) is -2.93. The van der Waals surface area contributed by atoms with Crippen LogP contribution >= 0.6 is 0 Å². The fraction of sp³-hybridized carbons (Fsp3) is 0.412. The zero-order valence-electron chi connectivity index (χ0n) is 13.9. The van der Waals surface area contributed by atoms with E-state index in [1.807, 2.05) is 0 Å². The molecule has 1 saturated carbocycles. The van der Waals surface area contributed by atoms with E-state index in [0.717, 1.165) is 4.68 Å². The first-order chi connectivity index (χ1) is 13.1. The third-order valence-corrected chi connectivity index (χ3v) is 5.29. The number of nitrogens with zero attached hydrogens (tertiary/aromatic N) is 5. The zero-order valence-corrected chi connectivity index (χ0v) is 13.9. The molecule has 7 nitrogen and oxygen atoms in total. The van der Waals surface area contributed by atoms with Crippen LogP contribution in [0.2, 0.25) is 0 Å². The van der Waals surface area contributed by atoms with Gasteiger partial charge in [0.2, 0.25) is 0 Å². The fourth-order valence-electron chi connectivity index (χ4n) is 3.84. The summed E-state index contributed by atoms with van der Waals surface area (Å²) in [5, 5.41) is 11.8. The van der Waals surface area contributed by atoms with Gasteiger partial charge in [0.15, 0.2) is 5.52 Å². The highest BCUT2D eigenvalue weighted by molar-refractivity contribution is 5.75. The minimum Gasteiger partial charge on any atom is -0.381 e. The standard InChI is InChI=1S/C17H14F3N5O2/c18-11-4-2-1-3-8(11)5-24-15(16(19)20)12-13(22-24)17(26)25(23-21-12)14-9-6-27-7-10(9)14/h1-4,9-10,14,16H,5-7H2/t9-,10?,14?/m1/s1. The number of halogens is 3. The third-order valence-electron chi connectivity index (χ3n) is 5.29. The molecular formula is C17H14F3N5O2. The van der Waals surface area contributed by atoms with Crippen molar-refractivity contribution < 1.29 is 17.9 Å². The van der Waals surface area contributed by atoms with Crippen LogP contribution in [0.4, 0.5) is 13.2 Å². The van der Waals surface area contributed by atoms with Crippen molar-refractivity contribution in [3.8, 4) is 0 Å². The average molecular weight is 377 g/mol. The van der Waals surface area contributed by atoms with E-state index in [2.05, 4.69) is 15.4 Å². The van der Waals surface area contributed by atoms with Crippen LogP contribution in [-0.4, -0.2) is 38.0 Å². The highest BCUT2D eigenvalue weighted by Gasteiger charge is 2.56. The maximum atomic E-state index is 13.9. The Hall–Kier alpha value is -2.75. The molecule has 0 spiro atoms. The van der Waals surface area contributed by atoms with E-state index in [-0.39, 0.29) is 41.0 Å². The molecule has 2 aromatic heterocycles. The van der Waals surface area contributed by atoms with Crippen molar-refractivity contribution in [3.05, 3.63) is 51.7 Å². The molecule has 3 aromatic rings. The second-order valence-corrected chi connectivity index (χ2v) is 6.83. The summed E-state index contributed by atoms with van der Waals surface area (Å²) in [5.41, 5.74) is -1.33. The van der Waals surface area contributed by atoms with Gasteiger partial charge in [-0.1, -0.05) is 23.4 Å². The molecule has 1 saturated heterocycles. The van der Waals surface area contributed by atoms with Crippen molar-refractivity contribution in [1.82, 2.24) is 24.8 Å². The Morgan fingerprint density at radius 1 is 1.19 bits per heavy atom. The monoisotopic (exact) mass is 377 g/mol. The molecule has 2 aliphatic rings. The maximum Gasteiger partial charge on any atom is 0.298 e. The van der Waals surface area contributed by atoms with Gasteiger partial charge >= 0.3 is 0 Å². The van der Waals surface area contributed by atoms with Gasteiger partial charge < -0.3 is 4.74 Å². The summed E-state index contributed by atoms with van der Waals surface area (Å²) in [6.45, 7) is 0.863. The minimum absolute atomic E-state index is 0.130. The summed E-state index contributed by atoms with van der Waals surface area (Å²) < 4.78 is 48.6. The van der Waals surface area contributed by atoms with Crippen molar-refractivity contribution in [1.29, 1.82) is 0 Å². The summed E-state index contributed by atoms with van der Waals surface area (Å²) in [4.78, 5) is 12.8. The van der Waals surface area contributed by atoms with Gasteiger partial charge in [-0.3, -0.25) is 9.48 Å². The van der Waals surface area contributed by atoms with Crippen LogP contribution in [-0.2, 0) is 11.3 Å². The lowest BCUT2D eigenvalue weighted by Gasteiger charge is -2.07. The number of fused-ring (bicyclic) bond motifs is 2. The Morgan fingerprint density at radius 2 is 1.93 bits per heavy atom. The van der Waals surface area contributed by atoms with Crippen LogP contribution in [0.5, 0.6) is 0 Å². The van der Waals surface area contributed by atoms with Gasteiger partial charge in [-0.25, -0.2) is 17.9 Å². The average Bonchev–Trinajstić information content (AvgIpc) is 2.98. The van der Waals surface area contributed by atoms with Crippen LogP contribution in [0, 0.1) is 17.7 Å². The number of alkyl halides is 2. The molecule has 3 heterocycles. The predicted molar refractivity (Wildman–Crippen MR) is 86.9 cm³/mol. The Labute approximate surface area is 150 Å². The largest absolute Gasteiger partial charge is 0.381 e. The number of rotatable bonds is 4. The zero-order chi connectivity index (χ0) is 18.7. The minimum atomic E-state index is -2.93. The molecule has 0 amide bonds. The first-order valence-electron chi connectivity index (χ1n) is 8.51. The quantitative estimate of drug-likeness (QED) is 0.695. The molecule has 1 aromatic carbocycles.